The fraction of sp³-hybridized carbons (Fsp3) is 0.474. The number of sulfonamides is 1. The van der Waals surface area contributed by atoms with Crippen LogP contribution in [-0.4, -0.2) is 43.8 Å². The van der Waals surface area contributed by atoms with Crippen LogP contribution in [0.5, 0.6) is 0 Å². The first-order chi connectivity index (χ1) is 13.8. The number of piperidine rings is 1. The Balaban J connectivity index is 1.88. The van der Waals surface area contributed by atoms with Gasteiger partial charge >= 0.3 is 5.97 Å². The molecule has 2 aromatic rings. The van der Waals surface area contributed by atoms with E-state index >= 15 is 0 Å². The number of anilines is 1. The van der Waals surface area contributed by atoms with Crippen molar-refractivity contribution in [2.45, 2.75) is 50.3 Å². The summed E-state index contributed by atoms with van der Waals surface area (Å²) in [6, 6.07) is 2.42. The molecule has 1 amide bonds. The predicted octanol–water partition coefficient (Wildman–Crippen LogP) is 3.79. The van der Waals surface area contributed by atoms with Gasteiger partial charge < -0.3 is 10.1 Å². The predicted molar refractivity (Wildman–Crippen MR) is 114 cm³/mol. The lowest BCUT2D eigenvalue weighted by Gasteiger charge is -2.33. The highest BCUT2D eigenvalue weighted by Gasteiger charge is 2.38. The molecule has 3 heterocycles. The largest absolute Gasteiger partial charge is 0.462 e. The van der Waals surface area contributed by atoms with Gasteiger partial charge in [-0.05, 0) is 50.6 Å². The highest BCUT2D eigenvalue weighted by Crippen LogP contribution is 2.34. The number of carbonyl (C=O) groups is 2. The van der Waals surface area contributed by atoms with Crippen LogP contribution >= 0.6 is 22.7 Å². The van der Waals surface area contributed by atoms with E-state index < -0.39 is 27.9 Å². The zero-order valence-electron chi connectivity index (χ0n) is 16.6. The summed E-state index contributed by atoms with van der Waals surface area (Å²) in [4.78, 5) is 26.4. The van der Waals surface area contributed by atoms with Crippen LogP contribution in [0, 0.1) is 13.8 Å². The second-order valence-electron chi connectivity index (χ2n) is 6.76. The van der Waals surface area contributed by atoms with Gasteiger partial charge in [0, 0.05) is 11.4 Å². The van der Waals surface area contributed by atoms with Crippen molar-refractivity contribution >= 4 is 49.6 Å². The smallest absolute Gasteiger partial charge is 0.341 e. The molecule has 0 aliphatic carbocycles. The number of aryl methyl sites for hydroxylation is 1. The van der Waals surface area contributed by atoms with Crippen LogP contribution < -0.4 is 5.32 Å². The number of nitrogens with zero attached hydrogens (tertiary/aromatic N) is 1. The quantitative estimate of drug-likeness (QED) is 0.668. The van der Waals surface area contributed by atoms with E-state index in [0.29, 0.717) is 30.0 Å². The Labute approximate surface area is 178 Å². The minimum Gasteiger partial charge on any atom is -0.462 e. The molecule has 10 heteroatoms. The average Bonchev–Trinajstić information content (AvgIpc) is 3.31. The van der Waals surface area contributed by atoms with Gasteiger partial charge in [0.2, 0.25) is 5.91 Å². The molecule has 1 aliphatic heterocycles. The van der Waals surface area contributed by atoms with Crippen molar-refractivity contribution in [2.75, 3.05) is 18.5 Å². The summed E-state index contributed by atoms with van der Waals surface area (Å²) in [6.45, 7) is 5.93. The Hall–Kier alpha value is -1.75. The minimum absolute atomic E-state index is 0.229. The SMILES string of the molecule is CCOC(=O)c1c(NC(=O)C2CCCCN2S(=O)(=O)c2cccs2)sc(C)c1C. The lowest BCUT2D eigenvalue weighted by atomic mass is 10.0. The van der Waals surface area contributed by atoms with Gasteiger partial charge in [0.05, 0.1) is 12.2 Å². The number of rotatable bonds is 6. The molecule has 0 bridgehead atoms. The van der Waals surface area contributed by atoms with Gasteiger partial charge in [-0.2, -0.15) is 4.31 Å². The molecule has 0 aromatic carbocycles. The average molecular weight is 457 g/mol. The van der Waals surface area contributed by atoms with Crippen molar-refractivity contribution in [3.63, 3.8) is 0 Å². The zero-order valence-corrected chi connectivity index (χ0v) is 19.0. The van der Waals surface area contributed by atoms with Crippen molar-refractivity contribution in [3.05, 3.63) is 33.5 Å². The molecule has 158 valence electrons. The van der Waals surface area contributed by atoms with Crippen LogP contribution in [-0.2, 0) is 19.6 Å². The molecule has 3 rings (SSSR count). The highest BCUT2D eigenvalue weighted by atomic mass is 32.2. The second-order valence-corrected chi connectivity index (χ2v) is 11.0. The van der Waals surface area contributed by atoms with Gasteiger partial charge in [-0.1, -0.05) is 12.5 Å². The van der Waals surface area contributed by atoms with Gasteiger partial charge in [0.1, 0.15) is 15.3 Å². The number of hydrogen-bond acceptors (Lipinski definition) is 7. The maximum absolute atomic E-state index is 13.1. The summed E-state index contributed by atoms with van der Waals surface area (Å²) in [5.74, 6) is -0.909. The Kier molecular flexibility index (Phi) is 6.77. The van der Waals surface area contributed by atoms with E-state index in [1.165, 1.54) is 15.6 Å². The molecule has 1 fully saturated rings. The molecule has 1 aliphatic rings. The number of amides is 1. The summed E-state index contributed by atoms with van der Waals surface area (Å²) in [5.41, 5.74) is 1.10. The molecule has 29 heavy (non-hydrogen) atoms. The van der Waals surface area contributed by atoms with Crippen LogP contribution in [0.2, 0.25) is 0 Å². The molecule has 0 saturated carbocycles. The molecule has 1 unspecified atom stereocenters. The summed E-state index contributed by atoms with van der Waals surface area (Å²) < 4.78 is 32.7. The van der Waals surface area contributed by atoms with Crippen molar-refractivity contribution < 1.29 is 22.7 Å². The number of esters is 1. The lowest BCUT2D eigenvalue weighted by molar-refractivity contribution is -0.120. The van der Waals surface area contributed by atoms with E-state index in [1.54, 1.807) is 24.4 Å². The third-order valence-electron chi connectivity index (χ3n) is 4.92. The Morgan fingerprint density at radius 3 is 2.72 bits per heavy atom. The molecule has 1 N–H and O–H groups in total. The van der Waals surface area contributed by atoms with Gasteiger partial charge in [0.15, 0.2) is 0 Å². The first-order valence-electron chi connectivity index (χ1n) is 9.40. The van der Waals surface area contributed by atoms with Crippen LogP contribution in [0.25, 0.3) is 0 Å². The molecular formula is C19H24N2O5S3. The topological polar surface area (TPSA) is 92.8 Å². The Bertz CT molecular complexity index is 995. The van der Waals surface area contributed by atoms with Crippen LogP contribution in [0.3, 0.4) is 0 Å². The van der Waals surface area contributed by atoms with Gasteiger partial charge in [-0.3, -0.25) is 4.79 Å². The number of ether oxygens (including phenoxy) is 1. The monoisotopic (exact) mass is 456 g/mol. The fourth-order valence-electron chi connectivity index (χ4n) is 3.34. The number of thiophene rings is 2. The second kappa shape index (κ2) is 8.95. The Morgan fingerprint density at radius 2 is 2.07 bits per heavy atom. The van der Waals surface area contributed by atoms with Gasteiger partial charge in [-0.15, -0.1) is 22.7 Å². The molecule has 0 spiro atoms. The molecule has 1 atom stereocenters. The minimum atomic E-state index is -3.74. The van der Waals surface area contributed by atoms with E-state index in [-0.39, 0.29) is 10.8 Å². The van der Waals surface area contributed by atoms with Crippen molar-refractivity contribution in [1.29, 1.82) is 0 Å². The first kappa shape index (κ1) is 21.9. The molecule has 7 nitrogen and oxygen atoms in total. The van der Waals surface area contributed by atoms with E-state index in [1.807, 2.05) is 13.8 Å². The first-order valence-corrected chi connectivity index (χ1v) is 12.5. The summed E-state index contributed by atoms with van der Waals surface area (Å²) in [6.07, 6.45) is 1.91. The molecule has 1 saturated heterocycles. The number of carbonyl (C=O) groups excluding carboxylic acids is 2. The summed E-state index contributed by atoms with van der Waals surface area (Å²) >= 11 is 2.43. The third kappa shape index (κ3) is 4.40. The summed E-state index contributed by atoms with van der Waals surface area (Å²) in [7, 11) is -3.74. The van der Waals surface area contributed by atoms with Crippen LogP contribution in [0.15, 0.2) is 21.7 Å². The standard InChI is InChI=1S/C19H24N2O5S3/c1-4-26-19(23)16-12(2)13(3)28-18(16)20-17(22)14-8-5-6-10-21(14)29(24,25)15-9-7-11-27-15/h7,9,11,14H,4-6,8,10H2,1-3H3,(H,20,22). The summed E-state index contributed by atoms with van der Waals surface area (Å²) in [5, 5.41) is 4.91. The van der Waals surface area contributed by atoms with Crippen molar-refractivity contribution in [1.82, 2.24) is 4.31 Å². The van der Waals surface area contributed by atoms with E-state index in [0.717, 1.165) is 28.2 Å². The van der Waals surface area contributed by atoms with Gasteiger partial charge in [-0.25, -0.2) is 13.2 Å². The van der Waals surface area contributed by atoms with E-state index in [4.69, 9.17) is 4.74 Å². The lowest BCUT2D eigenvalue weighted by Crippen LogP contribution is -2.49. The molecule has 0 radical (unpaired) electrons. The molecule has 2 aromatic heterocycles. The normalized spacial score (nSPS) is 17.8. The van der Waals surface area contributed by atoms with E-state index in [9.17, 15) is 18.0 Å². The number of hydrogen-bond donors (Lipinski definition) is 1. The van der Waals surface area contributed by atoms with E-state index in [2.05, 4.69) is 5.32 Å². The third-order valence-corrected chi connectivity index (χ3v) is 9.32. The van der Waals surface area contributed by atoms with Crippen molar-refractivity contribution in [3.8, 4) is 0 Å². The maximum Gasteiger partial charge on any atom is 0.341 e. The fourth-order valence-corrected chi connectivity index (χ4v) is 7.17. The Morgan fingerprint density at radius 1 is 1.31 bits per heavy atom. The van der Waals surface area contributed by atoms with Crippen LogP contribution in [0.1, 0.15) is 47.0 Å². The zero-order chi connectivity index (χ0) is 21.2. The highest BCUT2D eigenvalue weighted by molar-refractivity contribution is 7.91. The molecular weight excluding hydrogens is 432 g/mol. The van der Waals surface area contributed by atoms with Crippen LogP contribution in [0.4, 0.5) is 5.00 Å². The maximum atomic E-state index is 13.1. The van der Waals surface area contributed by atoms with Gasteiger partial charge in [0.25, 0.3) is 10.0 Å². The van der Waals surface area contributed by atoms with Crippen molar-refractivity contribution in [2.24, 2.45) is 0 Å². The number of nitrogens with one attached hydrogen (secondary N) is 1.